The number of nitrogens with one attached hydrogen (secondary N) is 1. The third-order valence-corrected chi connectivity index (χ3v) is 3.24. The number of hydrogen-bond acceptors (Lipinski definition) is 5. The van der Waals surface area contributed by atoms with E-state index >= 15 is 0 Å². The molecule has 22 heavy (non-hydrogen) atoms. The molecule has 0 aromatic rings. The van der Waals surface area contributed by atoms with E-state index in [2.05, 4.69) is 10.1 Å². The van der Waals surface area contributed by atoms with Crippen molar-refractivity contribution in [2.24, 2.45) is 5.92 Å². The monoisotopic (exact) mass is 314 g/mol. The van der Waals surface area contributed by atoms with Gasteiger partial charge in [0.2, 0.25) is 5.91 Å². The average Bonchev–Trinajstić information content (AvgIpc) is 2.33. The minimum Gasteiger partial charge on any atom is -0.469 e. The van der Waals surface area contributed by atoms with E-state index in [9.17, 15) is 14.4 Å². The maximum atomic E-state index is 11.9. The Labute approximate surface area is 131 Å². The van der Waals surface area contributed by atoms with Crippen LogP contribution in [0.5, 0.6) is 0 Å². The number of hydrogen-bond donors (Lipinski definition) is 1. The molecule has 1 aliphatic heterocycles. The van der Waals surface area contributed by atoms with Gasteiger partial charge in [0.15, 0.2) is 0 Å². The fourth-order valence-electron chi connectivity index (χ4n) is 1.97. The van der Waals surface area contributed by atoms with Crippen molar-refractivity contribution < 1.29 is 23.9 Å². The molecular weight excluding hydrogens is 288 g/mol. The molecule has 1 aliphatic rings. The molecule has 0 radical (unpaired) electrons. The summed E-state index contributed by atoms with van der Waals surface area (Å²) in [5.74, 6) is -0.468. The molecule has 7 nitrogen and oxygen atoms in total. The topological polar surface area (TPSA) is 84.9 Å². The summed E-state index contributed by atoms with van der Waals surface area (Å²) in [6, 6.07) is 0. The van der Waals surface area contributed by atoms with Gasteiger partial charge in [-0.25, -0.2) is 4.79 Å². The van der Waals surface area contributed by atoms with Gasteiger partial charge in [-0.2, -0.15) is 0 Å². The quantitative estimate of drug-likeness (QED) is 0.590. The summed E-state index contributed by atoms with van der Waals surface area (Å²) in [6.45, 7) is 6.74. The van der Waals surface area contributed by atoms with Gasteiger partial charge in [-0.15, -0.1) is 0 Å². The molecule has 1 saturated heterocycles. The highest BCUT2D eigenvalue weighted by molar-refractivity contribution is 5.82. The van der Waals surface area contributed by atoms with Crippen LogP contribution in [0.4, 0.5) is 4.79 Å². The predicted molar refractivity (Wildman–Crippen MR) is 80.2 cm³/mol. The number of ether oxygens (including phenoxy) is 2. The number of carbonyl (C=O) groups is 3. The van der Waals surface area contributed by atoms with Crippen LogP contribution < -0.4 is 5.32 Å². The number of likely N-dealkylation sites (tertiary alicyclic amines) is 1. The minimum absolute atomic E-state index is 0.0575. The van der Waals surface area contributed by atoms with Crippen LogP contribution in [-0.4, -0.2) is 55.2 Å². The molecule has 126 valence electrons. The Morgan fingerprint density at radius 2 is 1.82 bits per heavy atom. The Bertz CT molecular complexity index is 411. The molecule has 0 saturated carbocycles. The lowest BCUT2D eigenvalue weighted by Crippen LogP contribution is -2.56. The number of methoxy groups -OCH3 is 1. The first-order chi connectivity index (χ1) is 10.2. The van der Waals surface area contributed by atoms with E-state index in [-0.39, 0.29) is 23.9 Å². The molecule has 0 unspecified atom stereocenters. The average molecular weight is 314 g/mol. The van der Waals surface area contributed by atoms with Crippen molar-refractivity contribution in [1.82, 2.24) is 10.2 Å². The lowest BCUT2D eigenvalue weighted by molar-refractivity contribution is -0.140. The third kappa shape index (κ3) is 6.32. The highest BCUT2D eigenvalue weighted by atomic mass is 16.6. The van der Waals surface area contributed by atoms with Crippen molar-refractivity contribution in [2.75, 3.05) is 26.7 Å². The molecule has 1 fully saturated rings. The van der Waals surface area contributed by atoms with Crippen molar-refractivity contribution in [3.05, 3.63) is 0 Å². The van der Waals surface area contributed by atoms with Gasteiger partial charge in [0.05, 0.1) is 13.0 Å². The van der Waals surface area contributed by atoms with Crippen LogP contribution in [0.25, 0.3) is 0 Å². The molecule has 1 heterocycles. The molecule has 2 amide bonds. The van der Waals surface area contributed by atoms with Crippen LogP contribution in [-0.2, 0) is 19.1 Å². The van der Waals surface area contributed by atoms with Crippen LogP contribution >= 0.6 is 0 Å². The van der Waals surface area contributed by atoms with E-state index in [1.165, 1.54) is 12.0 Å². The van der Waals surface area contributed by atoms with Gasteiger partial charge in [0.25, 0.3) is 0 Å². The van der Waals surface area contributed by atoms with Gasteiger partial charge >= 0.3 is 12.1 Å². The Morgan fingerprint density at radius 1 is 1.18 bits per heavy atom. The molecule has 1 rings (SSSR count). The van der Waals surface area contributed by atoms with Crippen molar-refractivity contribution in [2.45, 2.75) is 45.6 Å². The smallest absolute Gasteiger partial charge is 0.410 e. The third-order valence-electron chi connectivity index (χ3n) is 3.24. The first-order valence-electron chi connectivity index (χ1n) is 7.55. The maximum absolute atomic E-state index is 11.9. The van der Waals surface area contributed by atoms with Gasteiger partial charge in [-0.05, 0) is 33.6 Å². The lowest BCUT2D eigenvalue weighted by Gasteiger charge is -2.38. The summed E-state index contributed by atoms with van der Waals surface area (Å²) in [5, 5.41) is 2.81. The Morgan fingerprint density at radius 3 is 2.36 bits per heavy atom. The highest BCUT2D eigenvalue weighted by Gasteiger charge is 2.37. The fraction of sp³-hybridized carbons (Fsp3) is 0.800. The van der Waals surface area contributed by atoms with Crippen molar-refractivity contribution in [3.63, 3.8) is 0 Å². The van der Waals surface area contributed by atoms with Crippen LogP contribution in [0, 0.1) is 5.92 Å². The zero-order valence-corrected chi connectivity index (χ0v) is 13.8. The molecule has 0 bridgehead atoms. The summed E-state index contributed by atoms with van der Waals surface area (Å²) in [5.41, 5.74) is -0.524. The second-order valence-corrected chi connectivity index (χ2v) is 6.41. The molecule has 0 atom stereocenters. The summed E-state index contributed by atoms with van der Waals surface area (Å²) >= 11 is 0. The number of amides is 2. The van der Waals surface area contributed by atoms with Crippen LogP contribution in [0.15, 0.2) is 0 Å². The second kappa shape index (κ2) is 8.00. The maximum Gasteiger partial charge on any atom is 0.410 e. The van der Waals surface area contributed by atoms with Crippen molar-refractivity contribution >= 4 is 18.0 Å². The molecule has 0 aliphatic carbocycles. The largest absolute Gasteiger partial charge is 0.469 e. The molecule has 7 heteroatoms. The Hall–Kier alpha value is -1.79. The SMILES string of the molecule is COC(=O)CCCCNC(=O)C1CN(C(=O)OC(C)(C)C)C1. The predicted octanol–water partition coefficient (Wildman–Crippen LogP) is 1.31. The minimum atomic E-state index is -0.524. The fourth-order valence-corrected chi connectivity index (χ4v) is 1.97. The van der Waals surface area contributed by atoms with E-state index < -0.39 is 5.60 Å². The van der Waals surface area contributed by atoms with Gasteiger partial charge in [-0.1, -0.05) is 0 Å². The number of nitrogens with zero attached hydrogens (tertiary/aromatic N) is 1. The zero-order valence-electron chi connectivity index (χ0n) is 13.8. The standard InChI is InChI=1S/C15H26N2O5/c1-15(2,3)22-14(20)17-9-11(10-17)13(19)16-8-6-5-7-12(18)21-4/h11H,5-10H2,1-4H3,(H,16,19). The highest BCUT2D eigenvalue weighted by Crippen LogP contribution is 2.19. The molecule has 0 aromatic carbocycles. The summed E-state index contributed by atoms with van der Waals surface area (Å²) < 4.78 is 9.76. The lowest BCUT2D eigenvalue weighted by atomic mass is 10.00. The molecular formula is C15H26N2O5. The van der Waals surface area contributed by atoms with Gasteiger partial charge < -0.3 is 19.7 Å². The first kappa shape index (κ1) is 18.3. The van der Waals surface area contributed by atoms with Gasteiger partial charge in [0, 0.05) is 26.1 Å². The second-order valence-electron chi connectivity index (χ2n) is 6.41. The van der Waals surface area contributed by atoms with E-state index in [4.69, 9.17) is 4.74 Å². The molecule has 0 spiro atoms. The number of esters is 1. The van der Waals surface area contributed by atoms with Crippen LogP contribution in [0.2, 0.25) is 0 Å². The summed E-state index contributed by atoms with van der Waals surface area (Å²) in [6.07, 6.45) is 1.39. The number of rotatable bonds is 6. The van der Waals surface area contributed by atoms with Gasteiger partial charge in [-0.3, -0.25) is 9.59 Å². The summed E-state index contributed by atoms with van der Waals surface area (Å²) in [4.78, 5) is 36.0. The van der Waals surface area contributed by atoms with Gasteiger partial charge in [0.1, 0.15) is 5.60 Å². The first-order valence-corrected chi connectivity index (χ1v) is 7.55. The molecule has 0 aromatic heterocycles. The molecule has 1 N–H and O–H groups in total. The van der Waals surface area contributed by atoms with E-state index in [0.717, 1.165) is 6.42 Å². The van der Waals surface area contributed by atoms with Crippen molar-refractivity contribution in [1.29, 1.82) is 0 Å². The van der Waals surface area contributed by atoms with Crippen LogP contribution in [0.3, 0.4) is 0 Å². The van der Waals surface area contributed by atoms with Crippen molar-refractivity contribution in [3.8, 4) is 0 Å². The number of carbonyl (C=O) groups excluding carboxylic acids is 3. The van der Waals surface area contributed by atoms with E-state index in [1.54, 1.807) is 0 Å². The summed E-state index contributed by atoms with van der Waals surface area (Å²) in [7, 11) is 1.36. The van der Waals surface area contributed by atoms with E-state index in [1.807, 2.05) is 20.8 Å². The zero-order chi connectivity index (χ0) is 16.8. The van der Waals surface area contributed by atoms with E-state index in [0.29, 0.717) is 32.5 Å². The normalized spacial score (nSPS) is 15.0. The van der Waals surface area contributed by atoms with Crippen LogP contribution in [0.1, 0.15) is 40.0 Å². The Kier molecular flexibility index (Phi) is 6.64. The number of unbranched alkanes of at least 4 members (excludes halogenated alkanes) is 1. The Balaban J connectivity index is 2.12.